The van der Waals surface area contributed by atoms with E-state index in [9.17, 15) is 24.3 Å². The molecule has 2 aromatic rings. The predicted octanol–water partition coefficient (Wildman–Crippen LogP) is 2.53. The largest absolute Gasteiger partial charge is 0.481 e. The summed E-state index contributed by atoms with van der Waals surface area (Å²) in [7, 11) is 0. The van der Waals surface area contributed by atoms with Gasteiger partial charge in [0.15, 0.2) is 5.82 Å². The van der Waals surface area contributed by atoms with Crippen LogP contribution in [-0.4, -0.2) is 87.6 Å². The molecule has 1 aromatic heterocycles. The van der Waals surface area contributed by atoms with Gasteiger partial charge in [-0.3, -0.25) is 14.4 Å². The van der Waals surface area contributed by atoms with Crippen LogP contribution < -0.4 is 5.32 Å². The minimum Gasteiger partial charge on any atom is -0.481 e. The summed E-state index contributed by atoms with van der Waals surface area (Å²) >= 11 is 0. The van der Waals surface area contributed by atoms with E-state index in [2.05, 4.69) is 15.3 Å². The summed E-state index contributed by atoms with van der Waals surface area (Å²) in [4.78, 5) is 61.8. The molecular formula is C26H33N5O6. The number of hydrogen-bond acceptors (Lipinski definition) is 7. The maximum Gasteiger partial charge on any atom is 0.409 e. The Morgan fingerprint density at radius 1 is 1.03 bits per heavy atom. The van der Waals surface area contributed by atoms with Gasteiger partial charge >= 0.3 is 12.1 Å². The minimum atomic E-state index is -1.07. The van der Waals surface area contributed by atoms with Gasteiger partial charge in [-0.2, -0.15) is 0 Å². The zero-order valence-electron chi connectivity index (χ0n) is 21.3. The molecule has 1 aliphatic rings. The van der Waals surface area contributed by atoms with E-state index in [1.54, 1.807) is 13.0 Å². The number of benzene rings is 1. The number of ether oxygens (including phenoxy) is 1. The van der Waals surface area contributed by atoms with Crippen molar-refractivity contribution in [3.8, 4) is 11.4 Å². The van der Waals surface area contributed by atoms with Crippen molar-refractivity contribution in [2.75, 3.05) is 32.8 Å². The molecular weight excluding hydrogens is 478 g/mol. The van der Waals surface area contributed by atoms with Crippen LogP contribution >= 0.6 is 0 Å². The van der Waals surface area contributed by atoms with Crippen LogP contribution in [0.25, 0.3) is 11.4 Å². The van der Waals surface area contributed by atoms with Crippen molar-refractivity contribution in [2.45, 2.75) is 45.6 Å². The molecule has 11 heteroatoms. The van der Waals surface area contributed by atoms with E-state index in [0.29, 0.717) is 11.5 Å². The first-order valence-electron chi connectivity index (χ1n) is 12.4. The first kappa shape index (κ1) is 27.6. The molecule has 0 spiro atoms. The fraction of sp³-hybridized carbons (Fsp3) is 0.462. The summed E-state index contributed by atoms with van der Waals surface area (Å²) in [6.07, 6.45) is -0.814. The molecule has 1 unspecified atom stereocenters. The number of carboxylic acid groups (broad SMARTS) is 1. The second kappa shape index (κ2) is 12.8. The van der Waals surface area contributed by atoms with Gasteiger partial charge in [-0.1, -0.05) is 44.2 Å². The highest BCUT2D eigenvalue weighted by molar-refractivity contribution is 5.96. The van der Waals surface area contributed by atoms with Crippen molar-refractivity contribution in [3.63, 3.8) is 0 Å². The number of amides is 3. The van der Waals surface area contributed by atoms with Gasteiger partial charge in [0.25, 0.3) is 5.91 Å². The molecule has 1 aliphatic heterocycles. The maximum absolute atomic E-state index is 13.3. The van der Waals surface area contributed by atoms with Gasteiger partial charge in [-0.15, -0.1) is 0 Å². The Balaban J connectivity index is 1.79. The average Bonchev–Trinajstić information content (AvgIpc) is 2.90. The van der Waals surface area contributed by atoms with Crippen LogP contribution in [0.3, 0.4) is 0 Å². The number of hydrogen-bond donors (Lipinski definition) is 2. The lowest BCUT2D eigenvalue weighted by Crippen LogP contribution is -2.56. The lowest BCUT2D eigenvalue weighted by atomic mass is 10.1. The second-order valence-corrected chi connectivity index (χ2v) is 8.99. The number of piperazine rings is 1. The fourth-order valence-corrected chi connectivity index (χ4v) is 3.90. The third-order valence-corrected chi connectivity index (χ3v) is 5.97. The number of carbonyl (C=O) groups excluding carboxylic acids is 3. The van der Waals surface area contributed by atoms with Crippen molar-refractivity contribution < 1.29 is 29.0 Å². The Hall–Kier alpha value is -4.02. The van der Waals surface area contributed by atoms with Gasteiger partial charge in [0.05, 0.1) is 6.61 Å². The summed E-state index contributed by atoms with van der Waals surface area (Å²) < 4.78 is 5.01. The molecule has 0 saturated carbocycles. The summed E-state index contributed by atoms with van der Waals surface area (Å²) in [6.45, 7) is 6.96. The Kier molecular flexibility index (Phi) is 9.53. The van der Waals surface area contributed by atoms with Crippen LogP contribution in [0.5, 0.6) is 0 Å². The molecule has 1 saturated heterocycles. The summed E-state index contributed by atoms with van der Waals surface area (Å²) in [5.74, 6) is -1.65. The summed E-state index contributed by atoms with van der Waals surface area (Å²) in [5, 5.41) is 11.9. The molecule has 0 radical (unpaired) electrons. The molecule has 1 atom stereocenters. The van der Waals surface area contributed by atoms with Crippen LogP contribution in [0.1, 0.15) is 55.7 Å². The Morgan fingerprint density at radius 3 is 2.27 bits per heavy atom. The third-order valence-electron chi connectivity index (χ3n) is 5.97. The van der Waals surface area contributed by atoms with E-state index < -0.39 is 29.9 Å². The van der Waals surface area contributed by atoms with Crippen LogP contribution in [0.4, 0.5) is 4.79 Å². The average molecular weight is 512 g/mol. The summed E-state index contributed by atoms with van der Waals surface area (Å²) in [6, 6.07) is 9.78. The molecule has 37 heavy (non-hydrogen) atoms. The number of carboxylic acids is 1. The highest BCUT2D eigenvalue weighted by atomic mass is 16.6. The third kappa shape index (κ3) is 7.48. The first-order valence-corrected chi connectivity index (χ1v) is 12.4. The highest BCUT2D eigenvalue weighted by Gasteiger charge is 2.31. The number of aromatic nitrogens is 2. The van der Waals surface area contributed by atoms with E-state index in [1.807, 2.05) is 44.2 Å². The fourth-order valence-electron chi connectivity index (χ4n) is 3.90. The number of aliphatic carboxylic acids is 1. The Morgan fingerprint density at radius 2 is 1.68 bits per heavy atom. The standard InChI is InChI=1S/C26H33N5O6/c1-4-37-26(36)31-14-12-30(13-15-31)25(35)19(10-11-22(32)33)29-24(34)21-16-20(17(2)3)27-23(28-21)18-8-6-5-7-9-18/h5-9,16-17,19H,4,10-15H2,1-3H3,(H,29,34)(H,32,33). The topological polar surface area (TPSA) is 142 Å². The molecule has 11 nitrogen and oxygen atoms in total. The van der Waals surface area contributed by atoms with E-state index >= 15 is 0 Å². The molecule has 198 valence electrons. The number of rotatable bonds is 9. The van der Waals surface area contributed by atoms with Crippen molar-refractivity contribution in [3.05, 3.63) is 47.8 Å². The minimum absolute atomic E-state index is 0.0251. The van der Waals surface area contributed by atoms with Gasteiger partial charge in [0, 0.05) is 43.9 Å². The molecule has 2 heterocycles. The molecule has 3 rings (SSSR count). The molecule has 0 bridgehead atoms. The van der Waals surface area contributed by atoms with Crippen molar-refractivity contribution in [1.82, 2.24) is 25.1 Å². The second-order valence-electron chi connectivity index (χ2n) is 8.99. The number of nitrogens with zero attached hydrogens (tertiary/aromatic N) is 4. The molecule has 3 amide bonds. The Bertz CT molecular complexity index is 1120. The SMILES string of the molecule is CCOC(=O)N1CCN(C(=O)C(CCC(=O)O)NC(=O)c2cc(C(C)C)nc(-c3ccccc3)n2)CC1. The lowest BCUT2D eigenvalue weighted by Gasteiger charge is -2.35. The molecule has 1 aromatic carbocycles. The number of carbonyl (C=O) groups is 4. The maximum atomic E-state index is 13.3. The highest BCUT2D eigenvalue weighted by Crippen LogP contribution is 2.20. The normalized spacial score (nSPS) is 14.3. The van der Waals surface area contributed by atoms with E-state index in [4.69, 9.17) is 4.74 Å². The van der Waals surface area contributed by atoms with Gasteiger partial charge in [0.2, 0.25) is 5.91 Å². The van der Waals surface area contributed by atoms with Gasteiger partial charge in [-0.25, -0.2) is 14.8 Å². The Labute approximate surface area is 215 Å². The smallest absolute Gasteiger partial charge is 0.409 e. The van der Waals surface area contributed by atoms with E-state index in [0.717, 1.165) is 5.56 Å². The van der Waals surface area contributed by atoms with Gasteiger partial charge in [0.1, 0.15) is 11.7 Å². The zero-order valence-corrected chi connectivity index (χ0v) is 21.3. The van der Waals surface area contributed by atoms with E-state index in [-0.39, 0.29) is 57.2 Å². The first-order chi connectivity index (χ1) is 17.7. The van der Waals surface area contributed by atoms with Crippen LogP contribution in [0.15, 0.2) is 36.4 Å². The quantitative estimate of drug-likeness (QED) is 0.523. The van der Waals surface area contributed by atoms with Crippen LogP contribution in [0.2, 0.25) is 0 Å². The van der Waals surface area contributed by atoms with Crippen LogP contribution in [-0.2, 0) is 14.3 Å². The van der Waals surface area contributed by atoms with Crippen molar-refractivity contribution >= 4 is 23.9 Å². The van der Waals surface area contributed by atoms with Crippen LogP contribution in [0, 0.1) is 0 Å². The summed E-state index contributed by atoms with van der Waals surface area (Å²) in [5.41, 5.74) is 1.51. The molecule has 1 fully saturated rings. The molecule has 2 N–H and O–H groups in total. The number of nitrogens with one attached hydrogen (secondary N) is 1. The zero-order chi connectivity index (χ0) is 26.9. The van der Waals surface area contributed by atoms with Gasteiger partial charge in [-0.05, 0) is 25.3 Å². The predicted molar refractivity (Wildman–Crippen MR) is 135 cm³/mol. The van der Waals surface area contributed by atoms with Gasteiger partial charge < -0.3 is 25.0 Å². The van der Waals surface area contributed by atoms with Crippen molar-refractivity contribution in [2.24, 2.45) is 0 Å². The van der Waals surface area contributed by atoms with E-state index in [1.165, 1.54) is 9.80 Å². The lowest BCUT2D eigenvalue weighted by molar-refractivity contribution is -0.138. The monoisotopic (exact) mass is 511 g/mol. The van der Waals surface area contributed by atoms with Crippen molar-refractivity contribution in [1.29, 1.82) is 0 Å². The molecule has 0 aliphatic carbocycles.